The molecule has 0 spiro atoms. The van der Waals surface area contributed by atoms with Gasteiger partial charge in [0.1, 0.15) is 0 Å². The molecule has 0 fully saturated rings. The van der Waals surface area contributed by atoms with E-state index in [1.807, 2.05) is 27.7 Å². The van der Waals surface area contributed by atoms with E-state index in [1.165, 1.54) is 0 Å². The van der Waals surface area contributed by atoms with Gasteiger partial charge in [0.15, 0.2) is 0 Å². The summed E-state index contributed by atoms with van der Waals surface area (Å²) < 4.78 is 10.8. The smallest absolute Gasteiger partial charge is 0.323 e. The van der Waals surface area contributed by atoms with E-state index in [9.17, 15) is 0 Å². The third kappa shape index (κ3) is 4.70. The van der Waals surface area contributed by atoms with Crippen molar-refractivity contribution in [1.82, 2.24) is 15.0 Å². The maximum absolute atomic E-state index is 5.57. The minimum atomic E-state index is -0.304. The molecular weight excluding hydrogens is 234 g/mol. The number of hydrogen-bond donors (Lipinski definition) is 2. The molecule has 0 amide bonds. The van der Waals surface area contributed by atoms with Gasteiger partial charge in [0, 0.05) is 13.2 Å². The fourth-order valence-electron chi connectivity index (χ4n) is 1.38. The third-order valence-electron chi connectivity index (χ3n) is 2.11. The van der Waals surface area contributed by atoms with Crippen LogP contribution >= 0.6 is 0 Å². The first-order chi connectivity index (χ1) is 8.46. The average molecular weight is 255 g/mol. The fourth-order valence-corrected chi connectivity index (χ4v) is 1.38. The van der Waals surface area contributed by atoms with Gasteiger partial charge in [0.2, 0.25) is 11.9 Å². The Hall–Kier alpha value is -1.63. The highest BCUT2D eigenvalue weighted by Gasteiger charge is 2.18. The zero-order chi connectivity index (χ0) is 13.6. The number of nitrogens with one attached hydrogen (secondary N) is 1. The summed E-state index contributed by atoms with van der Waals surface area (Å²) in [5.41, 5.74) is 5.27. The Kier molecular flexibility index (Phi) is 5.08. The van der Waals surface area contributed by atoms with Gasteiger partial charge in [-0.2, -0.15) is 15.0 Å². The Morgan fingerprint density at radius 2 is 1.89 bits per heavy atom. The van der Waals surface area contributed by atoms with Gasteiger partial charge >= 0.3 is 6.01 Å². The molecule has 0 saturated heterocycles. The Labute approximate surface area is 107 Å². The van der Waals surface area contributed by atoms with Crippen molar-refractivity contribution < 1.29 is 9.47 Å². The summed E-state index contributed by atoms with van der Waals surface area (Å²) in [6.07, 6.45) is 0. The third-order valence-corrected chi connectivity index (χ3v) is 2.11. The van der Waals surface area contributed by atoms with Crippen LogP contribution in [0.5, 0.6) is 6.01 Å². The second kappa shape index (κ2) is 6.34. The Balaban J connectivity index is 2.66. The minimum Gasteiger partial charge on any atom is -0.464 e. The van der Waals surface area contributed by atoms with Crippen molar-refractivity contribution in [3.05, 3.63) is 0 Å². The number of rotatable bonds is 7. The van der Waals surface area contributed by atoms with Crippen LogP contribution in [0.1, 0.15) is 27.7 Å². The lowest BCUT2D eigenvalue weighted by Crippen LogP contribution is -2.34. The van der Waals surface area contributed by atoms with E-state index in [0.717, 1.165) is 0 Å². The van der Waals surface area contributed by atoms with Gasteiger partial charge in [-0.3, -0.25) is 0 Å². The Morgan fingerprint density at radius 3 is 2.50 bits per heavy atom. The average Bonchev–Trinajstić information content (AvgIpc) is 2.26. The van der Waals surface area contributed by atoms with Crippen molar-refractivity contribution >= 4 is 11.9 Å². The van der Waals surface area contributed by atoms with E-state index in [4.69, 9.17) is 15.2 Å². The molecule has 0 atom stereocenters. The van der Waals surface area contributed by atoms with Crippen LogP contribution in [0.4, 0.5) is 11.9 Å². The number of nitrogen functional groups attached to an aromatic ring is 1. The van der Waals surface area contributed by atoms with Gasteiger partial charge in [-0.1, -0.05) is 0 Å². The molecule has 0 aliphatic carbocycles. The predicted octanol–water partition coefficient (Wildman–Crippen LogP) is 1.08. The molecule has 0 aromatic carbocycles. The van der Waals surface area contributed by atoms with E-state index in [0.29, 0.717) is 25.7 Å². The second-order valence-corrected chi connectivity index (χ2v) is 4.28. The summed E-state index contributed by atoms with van der Waals surface area (Å²) in [7, 11) is 0. The van der Waals surface area contributed by atoms with Gasteiger partial charge in [-0.25, -0.2) is 0 Å². The molecule has 7 heteroatoms. The quantitative estimate of drug-likeness (QED) is 0.752. The molecule has 0 bridgehead atoms. The van der Waals surface area contributed by atoms with Crippen LogP contribution in [0.3, 0.4) is 0 Å². The van der Waals surface area contributed by atoms with Crippen LogP contribution in [0.25, 0.3) is 0 Å². The van der Waals surface area contributed by atoms with Gasteiger partial charge in [0.25, 0.3) is 0 Å². The summed E-state index contributed by atoms with van der Waals surface area (Å²) >= 11 is 0. The lowest BCUT2D eigenvalue weighted by Gasteiger charge is -2.24. The van der Waals surface area contributed by atoms with Gasteiger partial charge in [-0.15, -0.1) is 0 Å². The van der Waals surface area contributed by atoms with Crippen molar-refractivity contribution in [2.75, 3.05) is 30.8 Å². The van der Waals surface area contributed by atoms with E-state index >= 15 is 0 Å². The van der Waals surface area contributed by atoms with Crippen molar-refractivity contribution in [1.29, 1.82) is 0 Å². The van der Waals surface area contributed by atoms with Crippen molar-refractivity contribution in [2.45, 2.75) is 33.3 Å². The molecule has 3 N–H and O–H groups in total. The fraction of sp³-hybridized carbons (Fsp3) is 0.727. The lowest BCUT2D eigenvalue weighted by molar-refractivity contribution is 0.000567. The number of nitrogens with two attached hydrogens (primary N) is 1. The highest BCUT2D eigenvalue weighted by molar-refractivity contribution is 5.32. The van der Waals surface area contributed by atoms with Crippen molar-refractivity contribution in [2.24, 2.45) is 0 Å². The van der Waals surface area contributed by atoms with Gasteiger partial charge in [0.05, 0.1) is 12.2 Å². The van der Waals surface area contributed by atoms with Gasteiger partial charge in [-0.05, 0) is 27.7 Å². The topological polar surface area (TPSA) is 95.2 Å². The van der Waals surface area contributed by atoms with Crippen LogP contribution < -0.4 is 15.8 Å². The SMILES string of the molecule is CCOc1nc(N)nc(NCC(C)(C)OCC)n1. The zero-order valence-corrected chi connectivity index (χ0v) is 11.4. The number of ether oxygens (including phenoxy) is 2. The molecule has 1 heterocycles. The summed E-state index contributed by atoms with van der Waals surface area (Å²) in [6, 6.07) is 0.224. The summed E-state index contributed by atoms with van der Waals surface area (Å²) in [4.78, 5) is 11.9. The highest BCUT2D eigenvalue weighted by atomic mass is 16.5. The first kappa shape index (κ1) is 14.4. The summed E-state index contributed by atoms with van der Waals surface area (Å²) in [5, 5.41) is 3.06. The molecule has 0 aliphatic rings. The number of aromatic nitrogens is 3. The number of hydrogen-bond acceptors (Lipinski definition) is 7. The molecule has 0 radical (unpaired) electrons. The van der Waals surface area contributed by atoms with Gasteiger partial charge < -0.3 is 20.5 Å². The predicted molar refractivity (Wildman–Crippen MR) is 69.6 cm³/mol. The molecule has 102 valence electrons. The first-order valence-corrected chi connectivity index (χ1v) is 5.99. The maximum Gasteiger partial charge on any atom is 0.323 e. The lowest BCUT2D eigenvalue weighted by atomic mass is 10.1. The van der Waals surface area contributed by atoms with Crippen molar-refractivity contribution in [3.63, 3.8) is 0 Å². The summed E-state index contributed by atoms with van der Waals surface area (Å²) in [6.45, 7) is 9.47. The monoisotopic (exact) mass is 255 g/mol. The van der Waals surface area contributed by atoms with E-state index in [2.05, 4.69) is 20.3 Å². The van der Waals surface area contributed by atoms with Crippen LogP contribution in [0, 0.1) is 0 Å². The van der Waals surface area contributed by atoms with E-state index in [1.54, 1.807) is 0 Å². The minimum absolute atomic E-state index is 0.130. The molecule has 1 rings (SSSR count). The van der Waals surface area contributed by atoms with E-state index in [-0.39, 0.29) is 17.6 Å². The largest absolute Gasteiger partial charge is 0.464 e. The van der Waals surface area contributed by atoms with Crippen LogP contribution in [0.2, 0.25) is 0 Å². The van der Waals surface area contributed by atoms with Crippen molar-refractivity contribution in [3.8, 4) is 6.01 Å². The van der Waals surface area contributed by atoms with Crippen LogP contribution in [0.15, 0.2) is 0 Å². The van der Waals surface area contributed by atoms with Crippen LogP contribution in [-0.2, 0) is 4.74 Å². The molecule has 0 saturated carbocycles. The normalized spacial score (nSPS) is 11.3. The summed E-state index contributed by atoms with van der Waals surface area (Å²) in [5.74, 6) is 0.517. The van der Waals surface area contributed by atoms with Crippen LogP contribution in [-0.4, -0.2) is 40.3 Å². The van der Waals surface area contributed by atoms with E-state index < -0.39 is 0 Å². The molecular formula is C11H21N5O2. The zero-order valence-electron chi connectivity index (χ0n) is 11.4. The highest BCUT2D eigenvalue weighted by Crippen LogP contribution is 2.12. The number of anilines is 2. The second-order valence-electron chi connectivity index (χ2n) is 4.28. The molecule has 0 aliphatic heterocycles. The first-order valence-electron chi connectivity index (χ1n) is 5.99. The number of nitrogens with zero attached hydrogens (tertiary/aromatic N) is 3. The Bertz CT molecular complexity index is 384. The molecule has 1 aromatic heterocycles. The molecule has 0 unspecified atom stereocenters. The maximum atomic E-state index is 5.57. The molecule has 1 aromatic rings. The Morgan fingerprint density at radius 1 is 1.17 bits per heavy atom. The standard InChI is InChI=1S/C11H21N5O2/c1-5-17-10-15-8(12)14-9(16-10)13-7-11(3,4)18-6-2/h5-7H2,1-4H3,(H3,12,13,14,15,16). The molecule has 18 heavy (non-hydrogen) atoms. The molecule has 7 nitrogen and oxygen atoms in total.